The third-order valence-corrected chi connectivity index (χ3v) is 5.94. The van der Waals surface area contributed by atoms with E-state index in [0.717, 1.165) is 0 Å². The van der Waals surface area contributed by atoms with E-state index in [-0.39, 0.29) is 0 Å². The maximum absolute atomic E-state index is 4.03. The van der Waals surface area contributed by atoms with Crippen molar-refractivity contribution >= 4 is 25.0 Å². The van der Waals surface area contributed by atoms with E-state index in [2.05, 4.69) is 20.2 Å². The molecule has 2 rings (SSSR count). The second-order valence-electron chi connectivity index (χ2n) is 3.04. The Morgan fingerprint density at radius 1 is 1.17 bits per heavy atom. The minimum absolute atomic E-state index is 0.420. The molecule has 1 aromatic heterocycles. The Balaban J connectivity index is 1.94. The second-order valence-corrected chi connectivity index (χ2v) is 7.13. The Morgan fingerprint density at radius 2 is 1.83 bits per heavy atom. The molecular formula is C9H12N2Sn. The molecule has 2 radical (unpaired) electrons. The second kappa shape index (κ2) is 4.23. The summed E-state index contributed by atoms with van der Waals surface area (Å²) in [5.41, 5.74) is 0. The van der Waals surface area contributed by atoms with Crippen LogP contribution in [0.5, 0.6) is 0 Å². The molecular weight excluding hydrogens is 255 g/mol. The van der Waals surface area contributed by atoms with Gasteiger partial charge in [-0.15, -0.1) is 0 Å². The van der Waals surface area contributed by atoms with Gasteiger partial charge in [0, 0.05) is 0 Å². The predicted molar refractivity (Wildman–Crippen MR) is 50.4 cm³/mol. The number of pyridine rings is 1. The van der Waals surface area contributed by atoms with Gasteiger partial charge in [-0.3, -0.25) is 0 Å². The van der Waals surface area contributed by atoms with Gasteiger partial charge in [0.2, 0.25) is 0 Å². The summed E-state index contributed by atoms with van der Waals surface area (Å²) in [5, 5.41) is 0. The van der Waals surface area contributed by atoms with E-state index in [9.17, 15) is 0 Å². The fourth-order valence-electron chi connectivity index (χ4n) is 1.44. The molecule has 0 spiro atoms. The van der Waals surface area contributed by atoms with Crippen molar-refractivity contribution in [1.29, 1.82) is 0 Å². The van der Waals surface area contributed by atoms with Gasteiger partial charge in [-0.1, -0.05) is 0 Å². The fraction of sp³-hybridized carbons (Fsp3) is 0.444. The summed E-state index contributed by atoms with van der Waals surface area (Å²) in [5.74, 6) is 0. The monoisotopic (exact) mass is 268 g/mol. The zero-order valence-electron chi connectivity index (χ0n) is 7.03. The van der Waals surface area contributed by atoms with E-state index in [4.69, 9.17) is 0 Å². The Hall–Kier alpha value is -0.0913. The number of nitrogens with zero attached hydrogens (tertiary/aromatic N) is 2. The van der Waals surface area contributed by atoms with Gasteiger partial charge in [0.1, 0.15) is 0 Å². The Labute approximate surface area is 83.6 Å². The van der Waals surface area contributed by atoms with Crippen LogP contribution in [-0.2, 0) is 0 Å². The fourth-order valence-corrected chi connectivity index (χ4v) is 4.87. The van der Waals surface area contributed by atoms with E-state index in [1.807, 2.05) is 12.4 Å². The molecule has 1 saturated heterocycles. The van der Waals surface area contributed by atoms with Gasteiger partial charge in [0.25, 0.3) is 0 Å². The van der Waals surface area contributed by atoms with Crippen molar-refractivity contribution in [2.45, 2.75) is 12.8 Å². The van der Waals surface area contributed by atoms with Crippen LogP contribution in [0.15, 0.2) is 24.5 Å². The number of rotatable bonds is 2. The molecule has 2 nitrogen and oxygen atoms in total. The van der Waals surface area contributed by atoms with Gasteiger partial charge in [0.15, 0.2) is 0 Å². The van der Waals surface area contributed by atoms with Crippen LogP contribution >= 0.6 is 0 Å². The molecule has 0 amide bonds. The first kappa shape index (κ1) is 8.50. The molecule has 1 fully saturated rings. The molecule has 1 aliphatic rings. The molecule has 1 aliphatic heterocycles. The molecule has 3 heteroatoms. The first-order valence-electron chi connectivity index (χ1n) is 4.37. The van der Waals surface area contributed by atoms with E-state index in [1.54, 1.807) is 3.58 Å². The summed E-state index contributed by atoms with van der Waals surface area (Å²) in [6, 6.07) is 4.34. The van der Waals surface area contributed by atoms with Crippen LogP contribution in [0.25, 0.3) is 0 Å². The quantitative estimate of drug-likeness (QED) is 0.722. The van der Waals surface area contributed by atoms with Crippen molar-refractivity contribution in [3.63, 3.8) is 0 Å². The van der Waals surface area contributed by atoms with E-state index in [0.29, 0.717) is 0 Å². The molecule has 0 aromatic carbocycles. The predicted octanol–water partition coefficient (Wildman–Crippen LogP) is 0.422. The summed E-state index contributed by atoms with van der Waals surface area (Å²) >= 11 is -0.420. The van der Waals surface area contributed by atoms with Crippen LogP contribution < -0.4 is 3.58 Å². The van der Waals surface area contributed by atoms with Gasteiger partial charge in [-0.05, 0) is 0 Å². The van der Waals surface area contributed by atoms with Crippen LogP contribution in [0, 0.1) is 0 Å². The molecule has 1 aromatic rings. The third kappa shape index (κ3) is 2.20. The van der Waals surface area contributed by atoms with Gasteiger partial charge in [-0.2, -0.15) is 0 Å². The summed E-state index contributed by atoms with van der Waals surface area (Å²) in [6.07, 6.45) is 6.64. The van der Waals surface area contributed by atoms with Crippen LogP contribution in [0.3, 0.4) is 0 Å². The third-order valence-electron chi connectivity index (χ3n) is 2.07. The Morgan fingerprint density at radius 3 is 2.50 bits per heavy atom. The van der Waals surface area contributed by atoms with Gasteiger partial charge in [-0.25, -0.2) is 0 Å². The van der Waals surface area contributed by atoms with Crippen molar-refractivity contribution in [1.82, 2.24) is 8.11 Å². The van der Waals surface area contributed by atoms with Crippen molar-refractivity contribution in [3.8, 4) is 0 Å². The van der Waals surface area contributed by atoms with Crippen molar-refractivity contribution < 1.29 is 0 Å². The van der Waals surface area contributed by atoms with Crippen LogP contribution in [0.2, 0.25) is 0 Å². The van der Waals surface area contributed by atoms with Crippen LogP contribution in [-0.4, -0.2) is 42.6 Å². The molecule has 0 bridgehead atoms. The number of hydrogen-bond donors (Lipinski definition) is 0. The molecule has 62 valence electrons. The normalized spacial score (nSPS) is 18.3. The van der Waals surface area contributed by atoms with E-state index in [1.165, 1.54) is 25.9 Å². The zero-order valence-corrected chi connectivity index (χ0v) is 9.89. The molecule has 12 heavy (non-hydrogen) atoms. The first-order chi connectivity index (χ1) is 5.95. The molecule has 0 aliphatic carbocycles. The van der Waals surface area contributed by atoms with E-state index < -0.39 is 21.4 Å². The minimum atomic E-state index is -0.420. The van der Waals surface area contributed by atoms with Crippen LogP contribution in [0.4, 0.5) is 0 Å². The average Bonchev–Trinajstić information content (AvgIpc) is 2.59. The summed E-state index contributed by atoms with van der Waals surface area (Å²) in [6.45, 7) is 2.68. The van der Waals surface area contributed by atoms with E-state index >= 15 is 0 Å². The van der Waals surface area contributed by atoms with Gasteiger partial charge >= 0.3 is 83.6 Å². The van der Waals surface area contributed by atoms with Crippen molar-refractivity contribution in [2.24, 2.45) is 0 Å². The van der Waals surface area contributed by atoms with Gasteiger partial charge in [0.05, 0.1) is 0 Å². The average molecular weight is 267 g/mol. The summed E-state index contributed by atoms with van der Waals surface area (Å²) < 4.78 is 4.22. The number of hydrogen-bond acceptors (Lipinski definition) is 2. The Bertz CT molecular complexity index is 232. The molecule has 0 unspecified atom stereocenters. The zero-order chi connectivity index (χ0) is 8.23. The Kier molecular flexibility index (Phi) is 3.00. The summed E-state index contributed by atoms with van der Waals surface area (Å²) in [7, 11) is 0. The molecule has 0 N–H and O–H groups in total. The standard InChI is InChI=1S/C5H4N.C4H8N.Sn/c1-2-4-6-5-3-1;1-2-4-5-3-1;/h2-5H;1-4H2;/q;-1;+1. The van der Waals surface area contributed by atoms with Gasteiger partial charge < -0.3 is 0 Å². The maximum atomic E-state index is 4.03. The SMILES string of the molecule is c1c[c]([Sn][N]2CCCC2)ccn1. The van der Waals surface area contributed by atoms with Crippen LogP contribution in [0.1, 0.15) is 12.8 Å². The summed E-state index contributed by atoms with van der Waals surface area (Å²) in [4.78, 5) is 4.03. The first-order valence-corrected chi connectivity index (χ1v) is 7.07. The van der Waals surface area contributed by atoms with Crippen molar-refractivity contribution in [3.05, 3.63) is 24.5 Å². The molecule has 0 saturated carbocycles. The number of aromatic nitrogens is 1. The topological polar surface area (TPSA) is 16.1 Å². The molecule has 0 atom stereocenters. The van der Waals surface area contributed by atoms with Crippen molar-refractivity contribution in [2.75, 3.05) is 13.1 Å². The molecule has 2 heterocycles.